The second kappa shape index (κ2) is 5.46. The predicted octanol–water partition coefficient (Wildman–Crippen LogP) is 1.71. The monoisotopic (exact) mass is 225 g/mol. The first-order valence-electron chi connectivity index (χ1n) is 5.83. The molecule has 0 saturated carbocycles. The van der Waals surface area contributed by atoms with Crippen molar-refractivity contribution in [3.63, 3.8) is 0 Å². The molecule has 0 bridgehead atoms. The van der Waals surface area contributed by atoms with Crippen LogP contribution in [0.5, 0.6) is 0 Å². The summed E-state index contributed by atoms with van der Waals surface area (Å²) in [6, 6.07) is 0.431. The van der Waals surface area contributed by atoms with Gasteiger partial charge in [0.25, 0.3) is 0 Å². The first-order valence-corrected chi connectivity index (χ1v) is 5.83. The van der Waals surface area contributed by atoms with E-state index in [1.807, 2.05) is 12.5 Å². The third-order valence-corrected chi connectivity index (χ3v) is 2.79. The Morgan fingerprint density at radius 1 is 1.50 bits per heavy atom. The number of hydrogen-bond donors (Lipinski definition) is 2. The average Bonchev–Trinajstić information content (AvgIpc) is 2.62. The van der Waals surface area contributed by atoms with Crippen molar-refractivity contribution in [2.24, 2.45) is 0 Å². The number of imidazole rings is 1. The maximum Gasteiger partial charge on any atom is 0.0951 e. The van der Waals surface area contributed by atoms with Crippen LogP contribution in [0.25, 0.3) is 0 Å². The highest BCUT2D eigenvalue weighted by atomic mass is 16.3. The fraction of sp³-hybridized carbons (Fsp3) is 0.750. The topological polar surface area (TPSA) is 50.1 Å². The SMILES string of the molecule is CC(C)n1cncc1CNC(C)(C)CCO. The summed E-state index contributed by atoms with van der Waals surface area (Å²) in [5.74, 6) is 0. The van der Waals surface area contributed by atoms with Crippen molar-refractivity contribution in [1.82, 2.24) is 14.9 Å². The van der Waals surface area contributed by atoms with Crippen LogP contribution >= 0.6 is 0 Å². The number of aromatic nitrogens is 2. The fourth-order valence-corrected chi connectivity index (χ4v) is 1.63. The Morgan fingerprint density at radius 3 is 2.75 bits per heavy atom. The van der Waals surface area contributed by atoms with Crippen molar-refractivity contribution >= 4 is 0 Å². The van der Waals surface area contributed by atoms with E-state index in [-0.39, 0.29) is 12.1 Å². The normalized spacial score (nSPS) is 12.4. The highest BCUT2D eigenvalue weighted by Crippen LogP contribution is 2.12. The Kier molecular flexibility index (Phi) is 4.50. The van der Waals surface area contributed by atoms with Crippen LogP contribution < -0.4 is 5.32 Å². The molecule has 0 spiro atoms. The van der Waals surface area contributed by atoms with E-state index in [1.165, 1.54) is 5.69 Å². The van der Waals surface area contributed by atoms with Crippen LogP contribution in [0.1, 0.15) is 45.9 Å². The van der Waals surface area contributed by atoms with Crippen molar-refractivity contribution in [3.05, 3.63) is 18.2 Å². The van der Waals surface area contributed by atoms with E-state index in [4.69, 9.17) is 5.11 Å². The second-order valence-corrected chi connectivity index (χ2v) is 5.10. The zero-order chi connectivity index (χ0) is 12.2. The van der Waals surface area contributed by atoms with Gasteiger partial charge >= 0.3 is 0 Å². The summed E-state index contributed by atoms with van der Waals surface area (Å²) >= 11 is 0. The molecule has 0 saturated heterocycles. The highest BCUT2D eigenvalue weighted by molar-refractivity contribution is 5.00. The first-order chi connectivity index (χ1) is 7.46. The Bertz CT molecular complexity index is 318. The molecular weight excluding hydrogens is 202 g/mol. The van der Waals surface area contributed by atoms with Gasteiger partial charge in [-0.25, -0.2) is 4.98 Å². The molecule has 1 heterocycles. The molecule has 0 aliphatic carbocycles. The predicted molar refractivity (Wildman–Crippen MR) is 65.2 cm³/mol. The quantitative estimate of drug-likeness (QED) is 0.775. The lowest BCUT2D eigenvalue weighted by molar-refractivity contribution is 0.229. The molecule has 1 rings (SSSR count). The molecule has 4 heteroatoms. The lowest BCUT2D eigenvalue weighted by atomic mass is 10.0. The van der Waals surface area contributed by atoms with E-state index in [2.05, 4.69) is 42.6 Å². The summed E-state index contributed by atoms with van der Waals surface area (Å²) < 4.78 is 2.15. The van der Waals surface area contributed by atoms with E-state index in [0.717, 1.165) is 13.0 Å². The van der Waals surface area contributed by atoms with Gasteiger partial charge in [0.15, 0.2) is 0 Å². The van der Waals surface area contributed by atoms with E-state index in [0.29, 0.717) is 6.04 Å². The highest BCUT2D eigenvalue weighted by Gasteiger charge is 2.16. The van der Waals surface area contributed by atoms with Gasteiger partial charge in [0.2, 0.25) is 0 Å². The zero-order valence-corrected chi connectivity index (χ0v) is 10.7. The van der Waals surface area contributed by atoms with Crippen molar-refractivity contribution in [1.29, 1.82) is 0 Å². The van der Waals surface area contributed by atoms with Crippen LogP contribution in [0.15, 0.2) is 12.5 Å². The maximum absolute atomic E-state index is 8.94. The summed E-state index contributed by atoms with van der Waals surface area (Å²) in [6.07, 6.45) is 4.51. The minimum Gasteiger partial charge on any atom is -0.396 e. The van der Waals surface area contributed by atoms with Gasteiger partial charge in [0.05, 0.1) is 12.0 Å². The van der Waals surface area contributed by atoms with Crippen LogP contribution in [0.2, 0.25) is 0 Å². The molecule has 1 aromatic heterocycles. The first kappa shape index (κ1) is 13.2. The van der Waals surface area contributed by atoms with Gasteiger partial charge in [-0.05, 0) is 34.1 Å². The number of hydrogen-bond acceptors (Lipinski definition) is 3. The molecule has 92 valence electrons. The van der Waals surface area contributed by atoms with Gasteiger partial charge in [0, 0.05) is 30.9 Å². The summed E-state index contributed by atoms with van der Waals surface area (Å²) in [7, 11) is 0. The van der Waals surface area contributed by atoms with Crippen LogP contribution in [0.3, 0.4) is 0 Å². The van der Waals surface area contributed by atoms with E-state index in [9.17, 15) is 0 Å². The largest absolute Gasteiger partial charge is 0.396 e. The van der Waals surface area contributed by atoms with Crippen LogP contribution in [0, 0.1) is 0 Å². The molecular formula is C12H23N3O. The standard InChI is InChI=1S/C12H23N3O/c1-10(2)15-9-13-7-11(15)8-14-12(3,4)5-6-16/h7,9-10,14,16H,5-6,8H2,1-4H3. The Labute approximate surface area is 97.7 Å². The molecule has 0 unspecified atom stereocenters. The van der Waals surface area contributed by atoms with Crippen molar-refractivity contribution in [2.75, 3.05) is 6.61 Å². The second-order valence-electron chi connectivity index (χ2n) is 5.10. The Hall–Kier alpha value is -0.870. The molecule has 0 aliphatic rings. The summed E-state index contributed by atoms with van der Waals surface area (Å²) in [4.78, 5) is 4.16. The maximum atomic E-state index is 8.94. The molecule has 0 amide bonds. The van der Waals surface area contributed by atoms with Crippen molar-refractivity contribution < 1.29 is 5.11 Å². The molecule has 0 fully saturated rings. The minimum atomic E-state index is -0.0408. The molecule has 1 aromatic rings. The van der Waals surface area contributed by atoms with E-state index < -0.39 is 0 Å². The number of nitrogens with zero attached hydrogens (tertiary/aromatic N) is 2. The summed E-state index contributed by atoms with van der Waals surface area (Å²) in [5.41, 5.74) is 1.14. The van der Waals surface area contributed by atoms with Crippen molar-refractivity contribution in [3.8, 4) is 0 Å². The van der Waals surface area contributed by atoms with Crippen LogP contribution in [-0.2, 0) is 6.54 Å². The van der Waals surface area contributed by atoms with Gasteiger partial charge in [-0.15, -0.1) is 0 Å². The fourth-order valence-electron chi connectivity index (χ4n) is 1.63. The Morgan fingerprint density at radius 2 is 2.19 bits per heavy atom. The molecule has 16 heavy (non-hydrogen) atoms. The summed E-state index contributed by atoms with van der Waals surface area (Å²) in [6.45, 7) is 9.47. The smallest absolute Gasteiger partial charge is 0.0951 e. The van der Waals surface area contributed by atoms with Gasteiger partial charge in [0.1, 0.15) is 0 Å². The molecule has 4 nitrogen and oxygen atoms in total. The van der Waals surface area contributed by atoms with Gasteiger partial charge in [-0.2, -0.15) is 0 Å². The number of aliphatic hydroxyl groups excluding tert-OH is 1. The van der Waals surface area contributed by atoms with E-state index >= 15 is 0 Å². The van der Waals surface area contributed by atoms with Crippen LogP contribution in [0.4, 0.5) is 0 Å². The number of aliphatic hydroxyl groups is 1. The lowest BCUT2D eigenvalue weighted by Crippen LogP contribution is -2.39. The number of nitrogens with one attached hydrogen (secondary N) is 1. The number of rotatable bonds is 6. The van der Waals surface area contributed by atoms with E-state index in [1.54, 1.807) is 0 Å². The molecule has 0 atom stereocenters. The Balaban J connectivity index is 2.57. The average molecular weight is 225 g/mol. The minimum absolute atomic E-state index is 0.0408. The van der Waals surface area contributed by atoms with Crippen molar-refractivity contribution in [2.45, 2.75) is 52.2 Å². The molecule has 0 aromatic carbocycles. The molecule has 0 aliphatic heterocycles. The third kappa shape index (κ3) is 3.61. The third-order valence-electron chi connectivity index (χ3n) is 2.79. The van der Waals surface area contributed by atoms with Crippen LogP contribution in [-0.4, -0.2) is 26.8 Å². The molecule has 0 radical (unpaired) electrons. The molecule has 2 N–H and O–H groups in total. The van der Waals surface area contributed by atoms with Gasteiger partial charge in [-0.1, -0.05) is 0 Å². The van der Waals surface area contributed by atoms with Gasteiger partial charge < -0.3 is 15.0 Å². The zero-order valence-electron chi connectivity index (χ0n) is 10.7. The summed E-state index contributed by atoms with van der Waals surface area (Å²) in [5, 5.41) is 12.4. The lowest BCUT2D eigenvalue weighted by Gasteiger charge is -2.26. The van der Waals surface area contributed by atoms with Gasteiger partial charge in [-0.3, -0.25) is 0 Å².